The average Bonchev–Trinajstić information content (AvgIpc) is 3.44. The number of ketones is 1. The number of aliphatic hydroxyl groups is 1. The van der Waals surface area contributed by atoms with E-state index in [0.29, 0.717) is 29.6 Å². The van der Waals surface area contributed by atoms with E-state index in [2.05, 4.69) is 53.3 Å². The number of aliphatic hydroxyl groups excluding tert-OH is 1. The molecule has 0 spiro atoms. The molecular weight excluding hydrogens is 446 g/mol. The number of carbonyl (C=O) groups excluding carboxylic acids is 1. The van der Waals surface area contributed by atoms with Gasteiger partial charge >= 0.3 is 0 Å². The predicted molar refractivity (Wildman–Crippen MR) is 141 cm³/mol. The lowest BCUT2D eigenvalue weighted by Crippen LogP contribution is -2.66. The molecular formula is C32H47NO3. The Bertz CT molecular complexity index is 1100. The van der Waals surface area contributed by atoms with E-state index >= 15 is 0 Å². The van der Waals surface area contributed by atoms with Crippen LogP contribution in [0.2, 0.25) is 0 Å². The Morgan fingerprint density at radius 1 is 1.03 bits per heavy atom. The van der Waals surface area contributed by atoms with E-state index in [1.807, 2.05) is 6.20 Å². The maximum Gasteiger partial charge on any atom is 0.164 e. The van der Waals surface area contributed by atoms with Gasteiger partial charge in [0.25, 0.3) is 0 Å². The molecule has 0 aromatic carbocycles. The second kappa shape index (κ2) is 7.58. The van der Waals surface area contributed by atoms with Crippen molar-refractivity contribution in [2.24, 2.45) is 51.2 Å². The molecule has 9 atom stereocenters. The Morgan fingerprint density at radius 3 is 2.47 bits per heavy atom. The van der Waals surface area contributed by atoms with E-state index in [1.54, 1.807) is 0 Å². The van der Waals surface area contributed by atoms with Crippen LogP contribution >= 0.6 is 0 Å². The Labute approximate surface area is 217 Å². The summed E-state index contributed by atoms with van der Waals surface area (Å²) >= 11 is 0. The van der Waals surface area contributed by atoms with Crippen molar-refractivity contribution in [2.45, 2.75) is 105 Å². The van der Waals surface area contributed by atoms with Gasteiger partial charge in [-0.1, -0.05) is 51.9 Å². The summed E-state index contributed by atoms with van der Waals surface area (Å²) in [7, 11) is 0. The minimum atomic E-state index is -0.336. The highest BCUT2D eigenvalue weighted by Gasteiger charge is 2.71. The molecule has 1 N–H and O–H groups in total. The summed E-state index contributed by atoms with van der Waals surface area (Å²) in [5.41, 5.74) is 2.90. The van der Waals surface area contributed by atoms with Gasteiger partial charge in [-0.05, 0) is 111 Å². The van der Waals surface area contributed by atoms with Crippen molar-refractivity contribution < 1.29 is 14.4 Å². The first-order chi connectivity index (χ1) is 16.9. The Hall–Kier alpha value is -1.42. The molecule has 5 aliphatic rings. The topological polar surface area (TPSA) is 63.3 Å². The molecule has 1 aromatic heterocycles. The van der Waals surface area contributed by atoms with Crippen LogP contribution in [0.4, 0.5) is 0 Å². The molecule has 36 heavy (non-hydrogen) atoms. The van der Waals surface area contributed by atoms with Gasteiger partial charge in [-0.2, -0.15) is 0 Å². The molecule has 4 heteroatoms. The quantitative estimate of drug-likeness (QED) is 0.465. The van der Waals surface area contributed by atoms with Crippen molar-refractivity contribution in [1.82, 2.24) is 5.16 Å². The summed E-state index contributed by atoms with van der Waals surface area (Å²) in [6.07, 6.45) is 12.0. The van der Waals surface area contributed by atoms with Crippen LogP contribution in [-0.4, -0.2) is 22.7 Å². The summed E-state index contributed by atoms with van der Waals surface area (Å²) in [6.45, 7) is 18.9. The Morgan fingerprint density at radius 2 is 1.78 bits per heavy atom. The van der Waals surface area contributed by atoms with Gasteiger partial charge < -0.3 is 9.63 Å². The van der Waals surface area contributed by atoms with Gasteiger partial charge in [0, 0.05) is 16.4 Å². The summed E-state index contributed by atoms with van der Waals surface area (Å²) in [4.78, 5) is 13.4. The Balaban J connectivity index is 1.43. The molecule has 4 fully saturated rings. The normalized spacial score (nSPS) is 48.7. The van der Waals surface area contributed by atoms with Gasteiger partial charge in [-0.3, -0.25) is 4.79 Å². The van der Waals surface area contributed by atoms with Crippen molar-refractivity contribution in [3.8, 4) is 0 Å². The second-order valence-corrected chi connectivity index (χ2v) is 15.0. The first kappa shape index (κ1) is 24.9. The average molecular weight is 494 g/mol. The zero-order valence-corrected chi connectivity index (χ0v) is 23.5. The molecule has 0 saturated heterocycles. The molecule has 1 aromatic rings. The van der Waals surface area contributed by atoms with Crippen LogP contribution in [-0.2, 0) is 16.6 Å². The monoisotopic (exact) mass is 493 g/mol. The van der Waals surface area contributed by atoms with Gasteiger partial charge in [0.15, 0.2) is 5.78 Å². The van der Waals surface area contributed by atoms with Crippen molar-refractivity contribution >= 4 is 5.78 Å². The van der Waals surface area contributed by atoms with Crippen LogP contribution in [0.3, 0.4) is 0 Å². The van der Waals surface area contributed by atoms with Gasteiger partial charge in [0.2, 0.25) is 0 Å². The number of Topliss-reactive ketones (excluding diaryl/α,β-unsaturated/α-hetero) is 1. The van der Waals surface area contributed by atoms with Crippen molar-refractivity contribution in [1.29, 1.82) is 0 Å². The molecule has 1 heterocycles. The van der Waals surface area contributed by atoms with Gasteiger partial charge in [-0.15, -0.1) is 0 Å². The first-order valence-corrected chi connectivity index (χ1v) is 14.6. The maximum absolute atomic E-state index is 13.4. The highest BCUT2D eigenvalue weighted by molar-refractivity contribution is 5.87. The molecule has 198 valence electrons. The minimum absolute atomic E-state index is 0.00365. The van der Waals surface area contributed by atoms with Crippen molar-refractivity contribution in [2.75, 3.05) is 6.61 Å². The molecule has 0 aliphatic heterocycles. The number of carbonyl (C=O) groups is 1. The molecule has 0 bridgehead atoms. The summed E-state index contributed by atoms with van der Waals surface area (Å²) in [5.74, 6) is 3.74. The molecule has 4 nitrogen and oxygen atoms in total. The number of hydrogen-bond donors (Lipinski definition) is 1. The summed E-state index contributed by atoms with van der Waals surface area (Å²) < 4.78 is 5.85. The third-order valence-electron chi connectivity index (χ3n) is 13.7. The molecule has 0 amide bonds. The van der Waals surface area contributed by atoms with E-state index in [4.69, 9.17) is 4.52 Å². The molecule has 4 saturated carbocycles. The van der Waals surface area contributed by atoms with Crippen LogP contribution in [0.5, 0.6) is 0 Å². The summed E-state index contributed by atoms with van der Waals surface area (Å²) in [5, 5.41) is 14.3. The second-order valence-electron chi connectivity index (χ2n) is 15.0. The van der Waals surface area contributed by atoms with Gasteiger partial charge in [0.1, 0.15) is 12.4 Å². The van der Waals surface area contributed by atoms with Crippen molar-refractivity contribution in [3.05, 3.63) is 29.7 Å². The van der Waals surface area contributed by atoms with Gasteiger partial charge in [0.05, 0.1) is 6.20 Å². The maximum atomic E-state index is 13.4. The fourth-order valence-electron chi connectivity index (χ4n) is 12.1. The third kappa shape index (κ3) is 2.76. The fourth-order valence-corrected chi connectivity index (χ4v) is 12.1. The standard InChI is InChI=1S/C32H47NO3/c1-19(2)21-10-13-32(25(35)18-34)15-14-30(6)22(26(21)32)8-9-24-29(5)16-20-17-33-36-27(20)28(3,4)23(29)11-12-31(24,30)7/h17,21-24,26,34H,1,8-16,18H2,2-7H3/t21-,22+,23-,24+,26+,29-,30+,31+,32+/m0/s1. The molecule has 6 rings (SSSR count). The number of fused-ring (bicyclic) bond motifs is 8. The zero-order valence-electron chi connectivity index (χ0n) is 23.5. The van der Waals surface area contributed by atoms with E-state index in [0.717, 1.165) is 37.9 Å². The highest BCUT2D eigenvalue weighted by Crippen LogP contribution is 2.77. The SMILES string of the molecule is C=C(C)[C@@H]1CC[C@]2(C(=O)CO)CC[C@]3(C)[C@H](CC[C@@H]4[C@@]5(C)Cc6cnoc6C(C)(C)[C@@H]5CC[C@]43C)[C@@H]12. The highest BCUT2D eigenvalue weighted by atomic mass is 16.5. The van der Waals surface area contributed by atoms with Crippen LogP contribution in [0.25, 0.3) is 0 Å². The molecule has 0 unspecified atom stereocenters. The first-order valence-electron chi connectivity index (χ1n) is 14.6. The van der Waals surface area contributed by atoms with Crippen LogP contribution in [0, 0.1) is 51.2 Å². The number of allylic oxidation sites excluding steroid dienone is 1. The predicted octanol–water partition coefficient (Wildman–Crippen LogP) is 6.91. The fraction of sp³-hybridized carbons (Fsp3) is 0.812. The number of rotatable bonds is 3. The molecule has 0 radical (unpaired) electrons. The van der Waals surface area contributed by atoms with Crippen LogP contribution < -0.4 is 0 Å². The number of nitrogens with zero attached hydrogens (tertiary/aromatic N) is 1. The van der Waals surface area contributed by atoms with E-state index < -0.39 is 0 Å². The van der Waals surface area contributed by atoms with Crippen molar-refractivity contribution in [3.63, 3.8) is 0 Å². The lowest BCUT2D eigenvalue weighted by Gasteiger charge is -2.72. The summed E-state index contributed by atoms with van der Waals surface area (Å²) in [6, 6.07) is 0. The lowest BCUT2D eigenvalue weighted by atomic mass is 9.32. The van der Waals surface area contributed by atoms with Crippen LogP contribution in [0.15, 0.2) is 22.9 Å². The van der Waals surface area contributed by atoms with Crippen LogP contribution in [0.1, 0.15) is 104 Å². The Kier molecular flexibility index (Phi) is 5.24. The van der Waals surface area contributed by atoms with Gasteiger partial charge in [-0.25, -0.2) is 0 Å². The third-order valence-corrected chi connectivity index (χ3v) is 13.7. The van der Waals surface area contributed by atoms with E-state index in [9.17, 15) is 9.90 Å². The number of hydrogen-bond acceptors (Lipinski definition) is 4. The largest absolute Gasteiger partial charge is 0.389 e. The molecule has 5 aliphatic carbocycles. The van der Waals surface area contributed by atoms with E-state index in [1.165, 1.54) is 36.8 Å². The lowest BCUT2D eigenvalue weighted by molar-refractivity contribution is -0.225. The number of aromatic nitrogens is 1. The minimum Gasteiger partial charge on any atom is -0.389 e. The van der Waals surface area contributed by atoms with E-state index in [-0.39, 0.29) is 39.5 Å². The zero-order chi connectivity index (χ0) is 25.9. The smallest absolute Gasteiger partial charge is 0.164 e.